The van der Waals surface area contributed by atoms with Gasteiger partial charge in [-0.1, -0.05) is 65.9 Å². The Balaban J connectivity index is 0.00000200. The molecule has 0 amide bonds. The van der Waals surface area contributed by atoms with Crippen LogP contribution in [0.3, 0.4) is 0 Å². The van der Waals surface area contributed by atoms with Gasteiger partial charge in [-0.2, -0.15) is 0 Å². The summed E-state index contributed by atoms with van der Waals surface area (Å²) in [6.45, 7) is 6.88. The average molecular weight is 309 g/mol. The largest absolute Gasteiger partial charge is 1.00 e. The van der Waals surface area contributed by atoms with Crippen molar-refractivity contribution in [1.29, 1.82) is 0 Å². The van der Waals surface area contributed by atoms with Crippen LogP contribution in [0.25, 0.3) is 0 Å². The van der Waals surface area contributed by atoms with Gasteiger partial charge in [0.15, 0.2) is 8.32 Å². The SMILES string of the molecule is C[Si](C)(C)O[SiH]([SiH-]c1ccccc1)c1ccccc1.[Li+]. The number of hydrogen-bond acceptors (Lipinski definition) is 1. The molecule has 0 spiro atoms. The first-order valence-corrected chi connectivity index (χ1v) is 14.4. The monoisotopic (exact) mass is 308 g/mol. The molecule has 1 unspecified atom stereocenters. The molecule has 0 aromatic heterocycles. The van der Waals surface area contributed by atoms with E-state index in [9.17, 15) is 0 Å². The predicted octanol–water partition coefficient (Wildman–Crippen LogP) is -1.27. The molecule has 1 nitrogen and oxygen atoms in total. The summed E-state index contributed by atoms with van der Waals surface area (Å²) in [7, 11) is -2.54. The van der Waals surface area contributed by atoms with Gasteiger partial charge in [-0.15, -0.1) is 0 Å². The minimum atomic E-state index is -1.47. The summed E-state index contributed by atoms with van der Waals surface area (Å²) in [6.07, 6.45) is 0. The maximum Gasteiger partial charge on any atom is 1.00 e. The third-order valence-electron chi connectivity index (χ3n) is 2.75. The van der Waals surface area contributed by atoms with Crippen LogP contribution in [0.5, 0.6) is 0 Å². The molecule has 0 aliphatic carbocycles. The molecule has 1 atom stereocenters. The van der Waals surface area contributed by atoms with Gasteiger partial charge in [-0.05, 0) is 19.6 Å². The van der Waals surface area contributed by atoms with E-state index in [0.717, 1.165) is 0 Å². The standard InChI is InChI=1S/C15H21OSi3.Li/c1-19(2,3)16-18(15-12-8-5-9-13-15)17-14-10-6-4-7-11-14;/h4-13,17-18H,1-3H3;/q-1;+1. The van der Waals surface area contributed by atoms with Crippen LogP contribution in [-0.4, -0.2) is 25.9 Å². The van der Waals surface area contributed by atoms with Crippen LogP contribution in [0.4, 0.5) is 0 Å². The third-order valence-corrected chi connectivity index (χ3v) is 13.2. The van der Waals surface area contributed by atoms with Gasteiger partial charge < -0.3 is 4.12 Å². The maximum atomic E-state index is 6.54. The van der Waals surface area contributed by atoms with Gasteiger partial charge in [0.05, 0.1) is 0 Å². The molecule has 0 N–H and O–H groups in total. The fourth-order valence-electron chi connectivity index (χ4n) is 1.96. The minimum absolute atomic E-state index is 0. The smallest absolute Gasteiger partial charge is 0.482 e. The van der Waals surface area contributed by atoms with Crippen LogP contribution in [0, 0.1) is 0 Å². The van der Waals surface area contributed by atoms with E-state index in [0.29, 0.717) is 0 Å². The van der Waals surface area contributed by atoms with Crippen molar-refractivity contribution in [3.8, 4) is 0 Å². The second-order valence-corrected chi connectivity index (χ2v) is 16.1. The Morgan fingerprint density at radius 1 is 0.850 bits per heavy atom. The van der Waals surface area contributed by atoms with Gasteiger partial charge in [0.25, 0.3) is 0 Å². The Labute approximate surface area is 139 Å². The van der Waals surface area contributed by atoms with Crippen molar-refractivity contribution in [2.45, 2.75) is 19.6 Å². The molecule has 0 fully saturated rings. The van der Waals surface area contributed by atoms with Crippen molar-refractivity contribution in [2.24, 2.45) is 0 Å². The molecule has 2 aromatic carbocycles. The van der Waals surface area contributed by atoms with E-state index in [2.05, 4.69) is 80.3 Å². The van der Waals surface area contributed by atoms with Crippen molar-refractivity contribution < 1.29 is 23.0 Å². The van der Waals surface area contributed by atoms with Gasteiger partial charge in [0.2, 0.25) is 0 Å². The van der Waals surface area contributed by atoms with Crippen LogP contribution in [-0.2, 0) is 4.12 Å². The minimum Gasteiger partial charge on any atom is -0.482 e. The van der Waals surface area contributed by atoms with E-state index >= 15 is 0 Å². The van der Waals surface area contributed by atoms with Gasteiger partial charge in [-0.3, -0.25) is 9.04 Å². The van der Waals surface area contributed by atoms with Gasteiger partial charge in [0, 0.05) is 8.56 Å². The maximum absolute atomic E-state index is 6.54. The number of rotatable bonds is 5. The average Bonchev–Trinajstić information content (AvgIpc) is 2.39. The molecule has 0 aliphatic heterocycles. The molecule has 0 saturated carbocycles. The van der Waals surface area contributed by atoms with E-state index in [1.165, 1.54) is 10.4 Å². The summed E-state index contributed by atoms with van der Waals surface area (Å²) in [4.78, 5) is 0. The molecule has 2 aromatic rings. The molecule has 0 saturated heterocycles. The predicted molar refractivity (Wildman–Crippen MR) is 90.9 cm³/mol. The summed E-state index contributed by atoms with van der Waals surface area (Å²) in [5, 5.41) is 2.92. The number of hydrogen-bond donors (Lipinski definition) is 0. The van der Waals surface area contributed by atoms with Crippen molar-refractivity contribution >= 4 is 36.3 Å². The van der Waals surface area contributed by atoms with Crippen molar-refractivity contribution in [3.63, 3.8) is 0 Å². The Morgan fingerprint density at radius 2 is 1.35 bits per heavy atom. The van der Waals surface area contributed by atoms with Crippen LogP contribution in [0.1, 0.15) is 0 Å². The molecule has 0 aliphatic rings. The Morgan fingerprint density at radius 3 is 1.85 bits per heavy atom. The molecule has 0 radical (unpaired) electrons. The zero-order valence-electron chi connectivity index (χ0n) is 12.8. The van der Waals surface area contributed by atoms with Crippen molar-refractivity contribution in [3.05, 3.63) is 60.7 Å². The van der Waals surface area contributed by atoms with E-state index in [1.54, 1.807) is 0 Å². The van der Waals surface area contributed by atoms with Gasteiger partial charge in [0.1, 0.15) is 0 Å². The van der Waals surface area contributed by atoms with Gasteiger partial charge >= 0.3 is 18.9 Å². The summed E-state index contributed by atoms with van der Waals surface area (Å²) < 4.78 is 6.54. The fourth-order valence-corrected chi connectivity index (χ4v) is 14.7. The van der Waals surface area contributed by atoms with E-state index < -0.39 is 16.9 Å². The van der Waals surface area contributed by atoms with Crippen LogP contribution in [0.2, 0.25) is 19.6 Å². The molecule has 2 rings (SSSR count). The second kappa shape index (κ2) is 8.18. The summed E-state index contributed by atoms with van der Waals surface area (Å²) in [6, 6.07) is 21.7. The molecule has 0 bridgehead atoms. The molecule has 20 heavy (non-hydrogen) atoms. The van der Waals surface area contributed by atoms with Crippen LogP contribution in [0.15, 0.2) is 60.7 Å². The Hall–Kier alpha value is -0.352. The fraction of sp³-hybridized carbons (Fsp3) is 0.200. The normalized spacial score (nSPS) is 12.3. The topological polar surface area (TPSA) is 9.23 Å². The molecular weight excluding hydrogens is 287 g/mol. The van der Waals surface area contributed by atoms with E-state index in [4.69, 9.17) is 4.12 Å². The quantitative estimate of drug-likeness (QED) is 0.626. The molecule has 5 heteroatoms. The summed E-state index contributed by atoms with van der Waals surface area (Å²) in [5.74, 6) is 0. The van der Waals surface area contributed by atoms with Crippen molar-refractivity contribution in [2.75, 3.05) is 0 Å². The van der Waals surface area contributed by atoms with E-state index in [-0.39, 0.29) is 27.9 Å². The first-order chi connectivity index (χ1) is 9.04. The van der Waals surface area contributed by atoms with E-state index in [1.807, 2.05) is 0 Å². The molecule has 100 valence electrons. The van der Waals surface area contributed by atoms with Crippen LogP contribution < -0.4 is 29.2 Å². The molecule has 0 heterocycles. The second-order valence-electron chi connectivity index (χ2n) is 5.64. The first-order valence-electron chi connectivity index (χ1n) is 6.67. The van der Waals surface area contributed by atoms with Crippen molar-refractivity contribution in [1.82, 2.24) is 0 Å². The Bertz CT molecular complexity index is 500. The number of benzene rings is 2. The first kappa shape index (κ1) is 17.7. The molecular formula is C15H21LiOSi3. The van der Waals surface area contributed by atoms with Gasteiger partial charge in [-0.25, -0.2) is 5.19 Å². The van der Waals surface area contributed by atoms with Crippen LogP contribution >= 0.6 is 0 Å². The Kier molecular flexibility index (Phi) is 7.24. The summed E-state index contributed by atoms with van der Waals surface area (Å²) >= 11 is 0. The zero-order chi connectivity index (χ0) is 13.7. The third kappa shape index (κ3) is 5.96. The zero-order valence-corrected chi connectivity index (χ0v) is 16.1. The summed E-state index contributed by atoms with van der Waals surface area (Å²) in [5.41, 5.74) is 0.